The van der Waals surface area contributed by atoms with Crippen LogP contribution in [-0.4, -0.2) is 63.1 Å². The predicted octanol–water partition coefficient (Wildman–Crippen LogP) is 2.54. The van der Waals surface area contributed by atoms with Crippen LogP contribution in [0.1, 0.15) is 48.7 Å². The van der Waals surface area contributed by atoms with Gasteiger partial charge >= 0.3 is 5.97 Å². The number of amides is 1. The van der Waals surface area contributed by atoms with Crippen molar-refractivity contribution in [3.8, 4) is 0 Å². The van der Waals surface area contributed by atoms with Crippen molar-refractivity contribution < 1.29 is 32.7 Å². The van der Waals surface area contributed by atoms with E-state index in [1.165, 1.54) is 18.6 Å². The third-order valence-electron chi connectivity index (χ3n) is 8.10. The van der Waals surface area contributed by atoms with E-state index in [1.54, 1.807) is 17.5 Å². The maximum Gasteiger partial charge on any atom is 0.344 e. The van der Waals surface area contributed by atoms with Crippen LogP contribution in [0.4, 0.5) is 8.78 Å². The zero-order valence-corrected chi connectivity index (χ0v) is 20.0. The van der Waals surface area contributed by atoms with E-state index in [4.69, 9.17) is 10.5 Å². The van der Waals surface area contributed by atoms with Gasteiger partial charge < -0.3 is 20.1 Å². The van der Waals surface area contributed by atoms with Gasteiger partial charge in [0.25, 0.3) is 5.91 Å². The summed E-state index contributed by atoms with van der Waals surface area (Å²) in [5.41, 5.74) is 4.15. The number of nitrogens with zero attached hydrogens (tertiary/aromatic N) is 3. The molecule has 0 spiro atoms. The molecule has 8 nitrogen and oxygen atoms in total. The van der Waals surface area contributed by atoms with E-state index < -0.39 is 47.9 Å². The number of hydrogen-bond acceptors (Lipinski definition) is 7. The highest BCUT2D eigenvalue weighted by Gasteiger charge is 2.58. The highest BCUT2D eigenvalue weighted by molar-refractivity contribution is 7.10. The Morgan fingerprint density at radius 2 is 2.06 bits per heavy atom. The number of piperidine rings is 3. The molecule has 3 N–H and O–H groups in total. The van der Waals surface area contributed by atoms with Crippen molar-refractivity contribution >= 4 is 23.2 Å². The Morgan fingerprint density at radius 1 is 1.29 bits per heavy atom. The molecule has 6 rings (SSSR count). The molecule has 2 bridgehead atoms. The molecule has 5 heterocycles. The summed E-state index contributed by atoms with van der Waals surface area (Å²) in [6.45, 7) is 1.68. The number of carbonyl (C=O) groups is 2. The molecular weight excluding hydrogens is 478 g/mol. The van der Waals surface area contributed by atoms with E-state index in [0.717, 1.165) is 11.3 Å². The maximum absolute atomic E-state index is 14.1. The van der Waals surface area contributed by atoms with E-state index >= 15 is 0 Å². The first-order chi connectivity index (χ1) is 16.6. The predicted molar refractivity (Wildman–Crippen MR) is 122 cm³/mol. The second kappa shape index (κ2) is 8.86. The average Bonchev–Trinajstić information content (AvgIpc) is 3.50. The molecule has 188 valence electrons. The van der Waals surface area contributed by atoms with Crippen LogP contribution in [0, 0.1) is 11.8 Å². The summed E-state index contributed by atoms with van der Waals surface area (Å²) in [5, 5.41) is 13.3. The van der Waals surface area contributed by atoms with Crippen LogP contribution < -0.4 is 5.73 Å². The summed E-state index contributed by atoms with van der Waals surface area (Å²) in [7, 11) is 0. The second-order valence-electron chi connectivity index (χ2n) is 10.1. The van der Waals surface area contributed by atoms with Crippen molar-refractivity contribution in [2.75, 3.05) is 19.6 Å². The maximum atomic E-state index is 14.1. The smallest absolute Gasteiger partial charge is 0.344 e. The first kappa shape index (κ1) is 24.2. The van der Waals surface area contributed by atoms with Gasteiger partial charge in [-0.2, -0.15) is 0 Å². The standard InChI is InChI=1S/C24H28F2N4O4S/c25-23(26)6-3-16(12-23)24(33,19-2-1-11-35-19)22(32)34-18-14-30(9-4-15(18)5-10-30)20(21(27)31)17-13-28-7-8-29-17/h1-2,7-8,11,13,15-16,18,20,33H,3-6,9-10,12,14H2,(H-,27,31)/p+1/t15?,16?,18-,20?,24?,30?/m0/s1. The molecule has 4 aliphatic rings. The number of thiophene rings is 1. The van der Waals surface area contributed by atoms with Gasteiger partial charge in [-0.25, -0.2) is 13.6 Å². The lowest BCUT2D eigenvalue weighted by Gasteiger charge is -2.54. The van der Waals surface area contributed by atoms with Crippen LogP contribution in [0.5, 0.6) is 0 Å². The third-order valence-corrected chi connectivity index (χ3v) is 9.10. The van der Waals surface area contributed by atoms with Crippen LogP contribution in [-0.2, 0) is 19.9 Å². The molecule has 1 amide bonds. The van der Waals surface area contributed by atoms with Crippen molar-refractivity contribution in [2.24, 2.45) is 17.6 Å². The van der Waals surface area contributed by atoms with Crippen LogP contribution in [0.3, 0.4) is 0 Å². The quantitative estimate of drug-likeness (QED) is 0.440. The van der Waals surface area contributed by atoms with Crippen molar-refractivity contribution in [1.82, 2.24) is 9.97 Å². The van der Waals surface area contributed by atoms with E-state index in [-0.39, 0.29) is 18.8 Å². The molecule has 3 aliphatic heterocycles. The fourth-order valence-corrected chi connectivity index (χ4v) is 7.20. The fourth-order valence-electron chi connectivity index (χ4n) is 6.31. The lowest BCUT2D eigenvalue weighted by molar-refractivity contribution is -0.965. The molecule has 2 aromatic heterocycles. The number of ether oxygens (including phenoxy) is 1. The Bertz CT molecular complexity index is 1080. The Morgan fingerprint density at radius 3 is 2.63 bits per heavy atom. The van der Waals surface area contributed by atoms with Gasteiger partial charge in [-0.1, -0.05) is 6.07 Å². The van der Waals surface area contributed by atoms with Crippen LogP contribution in [0.2, 0.25) is 0 Å². The molecule has 4 atom stereocenters. The Kier molecular flexibility index (Phi) is 6.13. The molecule has 0 aromatic carbocycles. The molecule has 0 radical (unpaired) electrons. The average molecular weight is 508 g/mol. The minimum absolute atomic E-state index is 0.0288. The van der Waals surface area contributed by atoms with Gasteiger partial charge in [0, 0.05) is 54.8 Å². The van der Waals surface area contributed by atoms with Gasteiger partial charge in [-0.15, -0.1) is 11.3 Å². The zero-order valence-electron chi connectivity index (χ0n) is 19.2. The van der Waals surface area contributed by atoms with Crippen LogP contribution in [0.15, 0.2) is 36.1 Å². The summed E-state index contributed by atoms with van der Waals surface area (Å²) < 4.78 is 34.4. The number of fused-ring (bicyclic) bond motifs is 3. The summed E-state index contributed by atoms with van der Waals surface area (Å²) in [6, 6.07) is 2.53. The molecule has 3 unspecified atom stereocenters. The lowest BCUT2D eigenvalue weighted by atomic mass is 9.80. The number of primary amides is 1. The topological polar surface area (TPSA) is 115 Å². The first-order valence-corrected chi connectivity index (χ1v) is 12.8. The van der Waals surface area contributed by atoms with Crippen molar-refractivity contribution in [3.05, 3.63) is 46.7 Å². The lowest BCUT2D eigenvalue weighted by Crippen LogP contribution is -2.67. The molecule has 1 aliphatic carbocycles. The number of carbonyl (C=O) groups excluding carboxylic acids is 2. The number of aromatic nitrogens is 2. The monoisotopic (exact) mass is 507 g/mol. The SMILES string of the molecule is NC(=O)C(c1cnccn1)[N+]12CCC(CC1)[C@@H](OC(=O)C(O)(c1cccs1)C1CCC(F)(F)C1)C2. The van der Waals surface area contributed by atoms with E-state index in [0.29, 0.717) is 47.5 Å². The van der Waals surface area contributed by atoms with Gasteiger partial charge in [0.1, 0.15) is 12.2 Å². The van der Waals surface area contributed by atoms with Crippen molar-refractivity contribution in [1.29, 1.82) is 0 Å². The minimum Gasteiger partial charge on any atom is -0.454 e. The van der Waals surface area contributed by atoms with E-state index in [1.807, 2.05) is 0 Å². The summed E-state index contributed by atoms with van der Waals surface area (Å²) in [4.78, 5) is 34.8. The van der Waals surface area contributed by atoms with Gasteiger partial charge in [-0.05, 0) is 17.9 Å². The third kappa shape index (κ3) is 4.23. The fraction of sp³-hybridized carbons (Fsp3) is 0.583. The van der Waals surface area contributed by atoms with Gasteiger partial charge in [-0.3, -0.25) is 14.8 Å². The Labute approximate surface area is 205 Å². The second-order valence-corrected chi connectivity index (χ2v) is 11.1. The number of halogens is 2. The number of quaternary nitrogens is 1. The van der Waals surface area contributed by atoms with Gasteiger partial charge in [0.15, 0.2) is 11.7 Å². The van der Waals surface area contributed by atoms with Gasteiger partial charge in [0.05, 0.1) is 19.3 Å². The molecule has 4 fully saturated rings. The number of aliphatic hydroxyl groups is 1. The highest BCUT2D eigenvalue weighted by Crippen LogP contribution is 2.50. The number of esters is 1. The zero-order chi connectivity index (χ0) is 24.8. The molecule has 3 saturated heterocycles. The number of hydrogen-bond donors (Lipinski definition) is 2. The normalized spacial score (nSPS) is 32.0. The van der Waals surface area contributed by atoms with Crippen LogP contribution >= 0.6 is 11.3 Å². The van der Waals surface area contributed by atoms with E-state index in [2.05, 4.69) is 9.97 Å². The summed E-state index contributed by atoms with van der Waals surface area (Å²) >= 11 is 1.15. The summed E-state index contributed by atoms with van der Waals surface area (Å²) in [5.74, 6) is -5.22. The first-order valence-electron chi connectivity index (χ1n) is 11.9. The number of rotatable bonds is 7. The van der Waals surface area contributed by atoms with Crippen LogP contribution in [0.25, 0.3) is 0 Å². The molecular formula is C24H29F2N4O4S+. The Balaban J connectivity index is 1.41. The van der Waals surface area contributed by atoms with Crippen molar-refractivity contribution in [2.45, 2.75) is 55.8 Å². The van der Waals surface area contributed by atoms with Crippen molar-refractivity contribution in [3.63, 3.8) is 0 Å². The largest absolute Gasteiger partial charge is 0.454 e. The van der Waals surface area contributed by atoms with E-state index in [9.17, 15) is 23.5 Å². The number of nitrogens with two attached hydrogens (primary N) is 1. The number of alkyl halides is 2. The molecule has 1 saturated carbocycles. The molecule has 35 heavy (non-hydrogen) atoms. The summed E-state index contributed by atoms with van der Waals surface area (Å²) in [6.07, 6.45) is 4.49. The Hall–Kier alpha value is -2.50. The van der Waals surface area contributed by atoms with Gasteiger partial charge in [0.2, 0.25) is 12.0 Å². The molecule has 2 aromatic rings. The molecule has 11 heteroatoms. The highest BCUT2D eigenvalue weighted by atomic mass is 32.1. The minimum atomic E-state index is -2.92.